The van der Waals surface area contributed by atoms with Crippen molar-refractivity contribution in [2.45, 2.75) is 80.8 Å². The molecule has 2 aliphatic carbocycles. The number of nitriles is 1. The van der Waals surface area contributed by atoms with Crippen molar-refractivity contribution >= 4 is 27.5 Å². The smallest absolute Gasteiger partial charge is 0.185 e. The number of hydrogen-bond donors (Lipinski definition) is 1. The highest BCUT2D eigenvalue weighted by Gasteiger charge is 2.48. The topological polar surface area (TPSA) is 140 Å². The number of hydrogen-bond acceptors (Lipinski definition) is 9. The molecule has 1 fully saturated rings. The summed E-state index contributed by atoms with van der Waals surface area (Å²) < 4.78 is 21.1. The first kappa shape index (κ1) is 26.3. The third-order valence-corrected chi connectivity index (χ3v) is 10.5. The van der Waals surface area contributed by atoms with E-state index in [0.717, 1.165) is 80.4 Å². The quantitative estimate of drug-likeness (QED) is 0.281. The summed E-state index contributed by atoms with van der Waals surface area (Å²) in [5.41, 5.74) is 11.3. The zero-order chi connectivity index (χ0) is 28.5. The van der Waals surface area contributed by atoms with Gasteiger partial charge in [0, 0.05) is 23.5 Å². The van der Waals surface area contributed by atoms with Crippen LogP contribution in [0.4, 0.5) is 5.69 Å². The molecule has 1 saturated heterocycles. The zero-order valence-corrected chi connectivity index (χ0v) is 24.5. The Labute approximate surface area is 241 Å². The second-order valence-electron chi connectivity index (χ2n) is 11.9. The van der Waals surface area contributed by atoms with Gasteiger partial charge in [-0.1, -0.05) is 11.2 Å². The molecule has 1 aromatic carbocycles. The largest absolute Gasteiger partial charge is 0.398 e. The highest BCUT2D eigenvalue weighted by atomic mass is 32.2. The van der Waals surface area contributed by atoms with Gasteiger partial charge >= 0.3 is 0 Å². The van der Waals surface area contributed by atoms with E-state index in [1.165, 1.54) is 0 Å². The van der Waals surface area contributed by atoms with Gasteiger partial charge in [0.15, 0.2) is 22.9 Å². The van der Waals surface area contributed by atoms with Crippen molar-refractivity contribution in [2.75, 3.05) is 25.6 Å². The van der Waals surface area contributed by atoms with Crippen molar-refractivity contribution in [1.29, 1.82) is 5.26 Å². The molecule has 0 amide bonds. The average molecular weight is 571 g/mol. The van der Waals surface area contributed by atoms with Crippen LogP contribution in [0.2, 0.25) is 0 Å². The summed E-state index contributed by atoms with van der Waals surface area (Å²) >= 11 is 0. The molecule has 11 heteroatoms. The lowest BCUT2D eigenvalue weighted by Crippen LogP contribution is -2.36. The molecule has 1 spiro atoms. The Balaban J connectivity index is 1.40. The Morgan fingerprint density at radius 3 is 2.76 bits per heavy atom. The van der Waals surface area contributed by atoms with Crippen LogP contribution in [0, 0.1) is 11.3 Å². The molecular weight excluding hydrogens is 536 g/mol. The van der Waals surface area contributed by atoms with Crippen LogP contribution in [0.25, 0.3) is 22.6 Å². The van der Waals surface area contributed by atoms with Crippen molar-refractivity contribution in [3.05, 3.63) is 46.3 Å². The third kappa shape index (κ3) is 3.87. The van der Waals surface area contributed by atoms with E-state index in [2.05, 4.69) is 36.2 Å². The lowest BCUT2D eigenvalue weighted by molar-refractivity contribution is 0.232. The Bertz CT molecular complexity index is 1750. The lowest BCUT2D eigenvalue weighted by Gasteiger charge is -2.41. The van der Waals surface area contributed by atoms with Gasteiger partial charge in [0.05, 0.1) is 39.4 Å². The maximum Gasteiger partial charge on any atom is 0.185 e. The van der Waals surface area contributed by atoms with Crippen LogP contribution in [0.1, 0.15) is 79.5 Å². The van der Waals surface area contributed by atoms with E-state index in [-0.39, 0.29) is 6.04 Å². The summed E-state index contributed by atoms with van der Waals surface area (Å²) in [6.07, 6.45) is 10.9. The fraction of sp³-hybridized carbons (Fsp3) is 0.500. The van der Waals surface area contributed by atoms with E-state index in [1.54, 1.807) is 12.5 Å². The number of nitrogens with two attached hydrogens (primary N) is 1. The summed E-state index contributed by atoms with van der Waals surface area (Å²) in [7, 11) is 0.795. The van der Waals surface area contributed by atoms with Gasteiger partial charge in [-0.05, 0) is 89.1 Å². The number of nitrogen functional groups attached to an aromatic ring is 1. The number of rotatable bonds is 4. The molecule has 1 aliphatic heterocycles. The second-order valence-corrected chi connectivity index (χ2v) is 13.2. The van der Waals surface area contributed by atoms with Gasteiger partial charge in [0.1, 0.15) is 11.1 Å². The number of fused-ring (bicyclic) bond motifs is 5. The molecule has 0 bridgehead atoms. The summed E-state index contributed by atoms with van der Waals surface area (Å²) in [4.78, 5) is 12.2. The van der Waals surface area contributed by atoms with Gasteiger partial charge in [-0.2, -0.15) is 10.4 Å². The zero-order valence-electron chi connectivity index (χ0n) is 23.7. The van der Waals surface area contributed by atoms with Gasteiger partial charge in [0.2, 0.25) is 0 Å². The van der Waals surface area contributed by atoms with Crippen LogP contribution in [0.3, 0.4) is 0 Å². The Morgan fingerprint density at radius 1 is 1.22 bits per heavy atom. The average Bonchev–Trinajstić information content (AvgIpc) is 3.71. The maximum atomic E-state index is 12.9. The second kappa shape index (κ2) is 9.74. The van der Waals surface area contributed by atoms with Crippen LogP contribution in [0.15, 0.2) is 27.9 Å². The minimum absolute atomic E-state index is 0.0870. The van der Waals surface area contributed by atoms with Crippen LogP contribution in [-0.2, 0) is 29.1 Å². The van der Waals surface area contributed by atoms with E-state index >= 15 is 0 Å². The number of likely N-dealkylation sites (N-methyl/N-ethyl adjacent to an activating group) is 1. The van der Waals surface area contributed by atoms with Gasteiger partial charge in [0.25, 0.3) is 0 Å². The monoisotopic (exact) mass is 570 g/mol. The molecule has 3 aromatic heterocycles. The highest BCUT2D eigenvalue weighted by Crippen LogP contribution is 2.53. The fourth-order valence-corrected chi connectivity index (χ4v) is 8.39. The molecule has 3 aliphatic rings. The standard InChI is InChI=1S/C30H34N8O2S/c1-17(23-9-6-14-37(23)2)38-28-21(16-33-38)29(41(3)39)35-27(34-28)25-19-8-5-13-30(26(19)40-36-25)12-4-7-18-10-11-22(32)20(15-31)24(18)30/h10-11,16-17,23H,4-9,12-14,32H2,1-3H3/t17-,23-,30?,41?/m0/s1. The Kier molecular flexibility index (Phi) is 6.24. The number of nitrogens with zero attached hydrogens (tertiary/aromatic N) is 7. The molecule has 4 atom stereocenters. The predicted octanol–water partition coefficient (Wildman–Crippen LogP) is 4.29. The molecule has 2 unspecified atom stereocenters. The first-order chi connectivity index (χ1) is 19.8. The normalized spacial score (nSPS) is 23.8. The van der Waals surface area contributed by atoms with E-state index in [1.807, 2.05) is 10.7 Å². The third-order valence-electron chi connectivity index (χ3n) is 9.64. The van der Waals surface area contributed by atoms with Gasteiger partial charge in [-0.15, -0.1) is 0 Å². The molecule has 41 heavy (non-hydrogen) atoms. The predicted molar refractivity (Wildman–Crippen MR) is 156 cm³/mol. The van der Waals surface area contributed by atoms with E-state index in [4.69, 9.17) is 25.3 Å². The van der Waals surface area contributed by atoms with Gasteiger partial charge < -0.3 is 15.2 Å². The summed E-state index contributed by atoms with van der Waals surface area (Å²) in [5, 5.41) is 20.6. The number of anilines is 1. The summed E-state index contributed by atoms with van der Waals surface area (Å²) in [5.74, 6) is 1.20. The van der Waals surface area contributed by atoms with Crippen LogP contribution in [0.5, 0.6) is 0 Å². The Hall–Kier alpha value is -3.62. The van der Waals surface area contributed by atoms with E-state index in [0.29, 0.717) is 44.9 Å². The molecule has 7 rings (SSSR count). The molecule has 212 valence electrons. The van der Waals surface area contributed by atoms with E-state index in [9.17, 15) is 9.47 Å². The molecule has 2 N–H and O–H groups in total. The van der Waals surface area contributed by atoms with Gasteiger partial charge in [-0.3, -0.25) is 4.21 Å². The molecule has 10 nitrogen and oxygen atoms in total. The molecule has 0 saturated carbocycles. The first-order valence-corrected chi connectivity index (χ1v) is 16.0. The van der Waals surface area contributed by atoms with Crippen molar-refractivity contribution in [3.8, 4) is 17.6 Å². The summed E-state index contributed by atoms with van der Waals surface area (Å²) in [6.45, 7) is 3.23. The maximum absolute atomic E-state index is 12.9. The minimum atomic E-state index is -1.36. The summed E-state index contributed by atoms with van der Waals surface area (Å²) in [6, 6.07) is 6.72. The van der Waals surface area contributed by atoms with Gasteiger partial charge in [-0.25, -0.2) is 14.6 Å². The van der Waals surface area contributed by atoms with Crippen LogP contribution >= 0.6 is 0 Å². The Morgan fingerprint density at radius 2 is 2.02 bits per heavy atom. The van der Waals surface area contributed by atoms with Crippen molar-refractivity contribution < 1.29 is 8.73 Å². The van der Waals surface area contributed by atoms with E-state index < -0.39 is 16.2 Å². The van der Waals surface area contributed by atoms with Crippen LogP contribution in [-0.4, -0.2) is 59.9 Å². The number of aryl methyl sites for hydroxylation is 1. The minimum Gasteiger partial charge on any atom is -0.398 e. The van der Waals surface area contributed by atoms with Crippen LogP contribution < -0.4 is 5.73 Å². The molecule has 4 aromatic rings. The number of likely N-dealkylation sites (tertiary alicyclic amines) is 1. The highest BCUT2D eigenvalue weighted by molar-refractivity contribution is 7.84. The number of benzene rings is 1. The molecular formula is C30H34N8O2S. The van der Waals surface area contributed by atoms with Crippen molar-refractivity contribution in [1.82, 2.24) is 29.8 Å². The SMILES string of the molecule is C[C@@H]([C@@H]1CCCN1C)n1ncc2c(S(C)=O)nc(-c3noc4c3CCCC43CCCc4ccc(N)c(C#N)c43)nc21. The molecule has 0 radical (unpaired) electrons. The number of aromatic nitrogens is 5. The fourth-order valence-electron chi connectivity index (χ4n) is 7.72. The van der Waals surface area contributed by atoms with Crippen molar-refractivity contribution in [2.24, 2.45) is 0 Å². The van der Waals surface area contributed by atoms with Crippen molar-refractivity contribution in [3.63, 3.8) is 0 Å². The lowest BCUT2D eigenvalue weighted by atomic mass is 9.61. The first-order valence-electron chi connectivity index (χ1n) is 14.4. The molecule has 4 heterocycles.